The van der Waals surface area contributed by atoms with Gasteiger partial charge >= 0.3 is 5.97 Å². The average molecular weight is 369 g/mol. The van der Waals surface area contributed by atoms with E-state index in [0.717, 1.165) is 44.3 Å². The first-order chi connectivity index (χ1) is 13.2. The molecule has 0 radical (unpaired) electrons. The van der Waals surface area contributed by atoms with Crippen molar-refractivity contribution in [3.05, 3.63) is 53.7 Å². The van der Waals surface area contributed by atoms with Gasteiger partial charge in [-0.1, -0.05) is 12.1 Å². The van der Waals surface area contributed by atoms with E-state index in [-0.39, 0.29) is 5.97 Å². The van der Waals surface area contributed by atoms with Crippen molar-refractivity contribution in [1.82, 2.24) is 9.88 Å². The molecule has 1 aromatic heterocycles. The molecule has 0 atom stereocenters. The first-order valence-corrected chi connectivity index (χ1v) is 9.51. The van der Waals surface area contributed by atoms with Crippen molar-refractivity contribution in [2.45, 2.75) is 20.4 Å². The summed E-state index contributed by atoms with van der Waals surface area (Å²) >= 11 is 0. The lowest BCUT2D eigenvalue weighted by Gasteiger charge is -2.35. The molecule has 0 amide bonds. The minimum atomic E-state index is -0.322. The van der Waals surface area contributed by atoms with Crippen molar-refractivity contribution in [1.29, 1.82) is 0 Å². The van der Waals surface area contributed by atoms with Gasteiger partial charge in [-0.3, -0.25) is 4.90 Å². The van der Waals surface area contributed by atoms with E-state index in [2.05, 4.69) is 26.9 Å². The second kappa shape index (κ2) is 9.37. The quantitative estimate of drug-likeness (QED) is 0.700. The van der Waals surface area contributed by atoms with E-state index in [1.165, 1.54) is 5.56 Å². The van der Waals surface area contributed by atoms with E-state index in [1.54, 1.807) is 19.2 Å². The van der Waals surface area contributed by atoms with Crippen LogP contribution in [-0.4, -0.2) is 55.2 Å². The molecule has 3 rings (SSSR count). The van der Waals surface area contributed by atoms with E-state index >= 15 is 0 Å². The molecule has 2 aromatic rings. The standard InChI is InChI=1S/C21H27N3O3/c1-3-26-19-8-5-17(6-9-19)16-23-11-13-24(14-12-23)20-10-7-18(15-22-20)21(25)27-4-2/h5-10,15H,3-4,11-14,16H2,1-2H3. The van der Waals surface area contributed by atoms with Crippen LogP contribution >= 0.6 is 0 Å². The first-order valence-electron chi connectivity index (χ1n) is 9.51. The molecule has 0 spiro atoms. The van der Waals surface area contributed by atoms with Crippen LogP contribution in [0.1, 0.15) is 29.8 Å². The lowest BCUT2D eigenvalue weighted by molar-refractivity contribution is 0.0526. The van der Waals surface area contributed by atoms with Gasteiger partial charge in [0, 0.05) is 38.9 Å². The Bertz CT molecular complexity index is 723. The average Bonchev–Trinajstić information content (AvgIpc) is 2.71. The maximum atomic E-state index is 11.7. The summed E-state index contributed by atoms with van der Waals surface area (Å²) in [5, 5.41) is 0. The molecule has 0 saturated carbocycles. The van der Waals surface area contributed by atoms with Gasteiger partial charge < -0.3 is 14.4 Å². The number of hydrogen-bond donors (Lipinski definition) is 0. The van der Waals surface area contributed by atoms with Gasteiger partial charge in [-0.25, -0.2) is 9.78 Å². The third-order valence-corrected chi connectivity index (χ3v) is 4.60. The summed E-state index contributed by atoms with van der Waals surface area (Å²) in [5.41, 5.74) is 1.79. The minimum absolute atomic E-state index is 0.322. The number of hydrogen-bond acceptors (Lipinski definition) is 6. The molecule has 0 unspecified atom stereocenters. The Kier molecular flexibility index (Phi) is 6.65. The summed E-state index contributed by atoms with van der Waals surface area (Å²) in [5.74, 6) is 1.50. The summed E-state index contributed by atoms with van der Waals surface area (Å²) in [6.07, 6.45) is 1.60. The van der Waals surface area contributed by atoms with Crippen LogP contribution < -0.4 is 9.64 Å². The Morgan fingerprint density at radius 3 is 2.33 bits per heavy atom. The Morgan fingerprint density at radius 1 is 1.00 bits per heavy atom. The van der Waals surface area contributed by atoms with E-state index in [9.17, 15) is 4.79 Å². The fourth-order valence-electron chi connectivity index (χ4n) is 3.16. The Labute approximate surface area is 160 Å². The fourth-order valence-corrected chi connectivity index (χ4v) is 3.16. The predicted molar refractivity (Wildman–Crippen MR) is 105 cm³/mol. The number of pyridine rings is 1. The number of piperazine rings is 1. The zero-order valence-electron chi connectivity index (χ0n) is 16.1. The van der Waals surface area contributed by atoms with Crippen LogP contribution in [0.4, 0.5) is 5.82 Å². The van der Waals surface area contributed by atoms with Gasteiger partial charge in [-0.15, -0.1) is 0 Å². The number of esters is 1. The molecule has 2 heterocycles. The number of benzene rings is 1. The third-order valence-electron chi connectivity index (χ3n) is 4.60. The first kappa shape index (κ1) is 19.2. The van der Waals surface area contributed by atoms with Crippen molar-refractivity contribution >= 4 is 11.8 Å². The third kappa shape index (κ3) is 5.20. The highest BCUT2D eigenvalue weighted by Gasteiger charge is 2.18. The number of ether oxygens (including phenoxy) is 2. The molecule has 6 nitrogen and oxygen atoms in total. The smallest absolute Gasteiger partial charge is 0.339 e. The summed E-state index contributed by atoms with van der Waals surface area (Å²) < 4.78 is 10.5. The number of rotatable bonds is 7. The van der Waals surface area contributed by atoms with Crippen LogP contribution in [0.2, 0.25) is 0 Å². The summed E-state index contributed by atoms with van der Waals surface area (Å²) in [4.78, 5) is 20.8. The summed E-state index contributed by atoms with van der Waals surface area (Å²) in [6, 6.07) is 12.0. The lowest BCUT2D eigenvalue weighted by Crippen LogP contribution is -2.46. The van der Waals surface area contributed by atoms with Crippen molar-refractivity contribution in [2.75, 3.05) is 44.3 Å². The fraction of sp³-hybridized carbons (Fsp3) is 0.429. The molecule has 1 fully saturated rings. The molecule has 0 aliphatic carbocycles. The second-order valence-corrected chi connectivity index (χ2v) is 6.47. The number of anilines is 1. The van der Waals surface area contributed by atoms with Crippen molar-refractivity contribution in [3.63, 3.8) is 0 Å². The normalized spacial score (nSPS) is 14.8. The van der Waals surface area contributed by atoms with Crippen molar-refractivity contribution in [2.24, 2.45) is 0 Å². The zero-order chi connectivity index (χ0) is 19.1. The van der Waals surface area contributed by atoms with Crippen LogP contribution in [0.5, 0.6) is 5.75 Å². The summed E-state index contributed by atoms with van der Waals surface area (Å²) in [6.45, 7) is 9.59. The maximum absolute atomic E-state index is 11.7. The van der Waals surface area contributed by atoms with Crippen LogP contribution in [0.3, 0.4) is 0 Å². The number of nitrogens with zero attached hydrogens (tertiary/aromatic N) is 3. The number of aromatic nitrogens is 1. The molecule has 144 valence electrons. The Balaban J connectivity index is 1.50. The van der Waals surface area contributed by atoms with Gasteiger partial charge in [-0.2, -0.15) is 0 Å². The van der Waals surface area contributed by atoms with Gasteiger partial charge in [0.25, 0.3) is 0 Å². The van der Waals surface area contributed by atoms with Gasteiger partial charge in [-0.05, 0) is 43.7 Å². The van der Waals surface area contributed by atoms with Crippen LogP contribution in [0.25, 0.3) is 0 Å². The van der Waals surface area contributed by atoms with Gasteiger partial charge in [0.2, 0.25) is 0 Å². The van der Waals surface area contributed by atoms with E-state index in [0.29, 0.717) is 18.8 Å². The second-order valence-electron chi connectivity index (χ2n) is 6.47. The zero-order valence-corrected chi connectivity index (χ0v) is 16.1. The SMILES string of the molecule is CCOC(=O)c1ccc(N2CCN(Cc3ccc(OCC)cc3)CC2)nc1. The van der Waals surface area contributed by atoms with Gasteiger partial charge in [0.1, 0.15) is 11.6 Å². The molecule has 1 saturated heterocycles. The largest absolute Gasteiger partial charge is 0.494 e. The lowest BCUT2D eigenvalue weighted by atomic mass is 10.2. The maximum Gasteiger partial charge on any atom is 0.339 e. The van der Waals surface area contributed by atoms with E-state index in [1.807, 2.05) is 25.1 Å². The molecule has 1 aliphatic rings. The van der Waals surface area contributed by atoms with Crippen LogP contribution in [0.15, 0.2) is 42.6 Å². The Hall–Kier alpha value is -2.60. The highest BCUT2D eigenvalue weighted by Crippen LogP contribution is 2.17. The van der Waals surface area contributed by atoms with Crippen LogP contribution in [0, 0.1) is 0 Å². The summed E-state index contributed by atoms with van der Waals surface area (Å²) in [7, 11) is 0. The molecular weight excluding hydrogens is 342 g/mol. The highest BCUT2D eigenvalue weighted by atomic mass is 16.5. The molecule has 0 bridgehead atoms. The van der Waals surface area contributed by atoms with Gasteiger partial charge in [0.05, 0.1) is 18.8 Å². The van der Waals surface area contributed by atoms with Crippen molar-refractivity contribution in [3.8, 4) is 5.75 Å². The topological polar surface area (TPSA) is 54.9 Å². The molecule has 6 heteroatoms. The number of carbonyl (C=O) groups is 1. The molecular formula is C21H27N3O3. The minimum Gasteiger partial charge on any atom is -0.494 e. The molecule has 27 heavy (non-hydrogen) atoms. The predicted octanol–water partition coefficient (Wildman–Crippen LogP) is 2.98. The van der Waals surface area contributed by atoms with Crippen molar-refractivity contribution < 1.29 is 14.3 Å². The van der Waals surface area contributed by atoms with Gasteiger partial charge in [0.15, 0.2) is 0 Å². The molecule has 1 aliphatic heterocycles. The molecule has 1 aromatic carbocycles. The number of carbonyl (C=O) groups excluding carboxylic acids is 1. The molecule has 0 N–H and O–H groups in total. The Morgan fingerprint density at radius 2 is 1.74 bits per heavy atom. The highest BCUT2D eigenvalue weighted by molar-refractivity contribution is 5.89. The monoisotopic (exact) mass is 369 g/mol. The van der Waals surface area contributed by atoms with E-state index in [4.69, 9.17) is 9.47 Å². The van der Waals surface area contributed by atoms with E-state index < -0.39 is 0 Å². The van der Waals surface area contributed by atoms with Crippen LogP contribution in [-0.2, 0) is 11.3 Å².